The van der Waals surface area contributed by atoms with Crippen LogP contribution in [0.3, 0.4) is 0 Å². The van der Waals surface area contributed by atoms with Crippen LogP contribution < -0.4 is 10.6 Å². The summed E-state index contributed by atoms with van der Waals surface area (Å²) in [7, 11) is 0. The van der Waals surface area contributed by atoms with E-state index in [1.807, 2.05) is 0 Å². The molecule has 5 nitrogen and oxygen atoms in total. The fourth-order valence-corrected chi connectivity index (χ4v) is 3.88. The van der Waals surface area contributed by atoms with Crippen molar-refractivity contribution in [2.24, 2.45) is 5.92 Å². The zero-order valence-corrected chi connectivity index (χ0v) is 16.5. The molecule has 3 aromatic rings. The number of halogens is 3. The number of amides is 1. The van der Waals surface area contributed by atoms with E-state index in [2.05, 4.69) is 36.2 Å². The number of hydrogen-bond acceptors (Lipinski definition) is 5. The first kappa shape index (κ1) is 17.6. The van der Waals surface area contributed by atoms with E-state index in [1.165, 1.54) is 0 Å². The van der Waals surface area contributed by atoms with Gasteiger partial charge in [0.15, 0.2) is 5.82 Å². The summed E-state index contributed by atoms with van der Waals surface area (Å²) < 4.78 is 20.1. The molecule has 9 heteroatoms. The Morgan fingerprint density at radius 1 is 1.38 bits per heavy atom. The van der Waals surface area contributed by atoms with Crippen LogP contribution in [0.1, 0.15) is 23.2 Å². The van der Waals surface area contributed by atoms with Crippen molar-refractivity contribution in [3.63, 3.8) is 0 Å². The average molecular weight is 456 g/mol. The summed E-state index contributed by atoms with van der Waals surface area (Å²) in [6.07, 6.45) is 2.23. The van der Waals surface area contributed by atoms with E-state index in [4.69, 9.17) is 11.6 Å². The molecule has 1 heterocycles. The van der Waals surface area contributed by atoms with Gasteiger partial charge < -0.3 is 10.6 Å². The van der Waals surface area contributed by atoms with Crippen LogP contribution in [0.15, 0.2) is 28.7 Å². The lowest BCUT2D eigenvalue weighted by Crippen LogP contribution is -2.26. The normalized spacial score (nSPS) is 13.8. The molecule has 0 spiro atoms. The Bertz CT molecular complexity index is 1010. The largest absolute Gasteiger partial charge is 0.352 e. The van der Waals surface area contributed by atoms with Crippen molar-refractivity contribution < 1.29 is 9.18 Å². The monoisotopic (exact) mass is 454 g/mol. The lowest BCUT2D eigenvalue weighted by Gasteiger charge is -2.14. The Labute approximate surface area is 166 Å². The van der Waals surface area contributed by atoms with Gasteiger partial charge in [0.25, 0.3) is 5.91 Å². The third-order valence-electron chi connectivity index (χ3n) is 4.17. The molecule has 1 fully saturated rings. The van der Waals surface area contributed by atoms with Crippen molar-refractivity contribution in [3.8, 4) is 0 Å². The summed E-state index contributed by atoms with van der Waals surface area (Å²) in [5.41, 5.74) is 0.875. The lowest BCUT2D eigenvalue weighted by molar-refractivity contribution is 0.0952. The Kier molecular flexibility index (Phi) is 4.81. The van der Waals surface area contributed by atoms with Gasteiger partial charge in [0.2, 0.25) is 0 Å². The highest BCUT2D eigenvalue weighted by atomic mass is 79.9. The first-order chi connectivity index (χ1) is 12.5. The summed E-state index contributed by atoms with van der Waals surface area (Å²) in [5.74, 6) is -0.427. The topological polar surface area (TPSA) is 66.9 Å². The van der Waals surface area contributed by atoms with Gasteiger partial charge in [-0.05, 0) is 54.6 Å². The van der Waals surface area contributed by atoms with Crippen LogP contribution in [0.2, 0.25) is 5.02 Å². The summed E-state index contributed by atoms with van der Waals surface area (Å²) >= 11 is 10.6. The van der Waals surface area contributed by atoms with Crippen molar-refractivity contribution in [2.45, 2.75) is 12.8 Å². The zero-order valence-electron chi connectivity index (χ0n) is 13.4. The average Bonchev–Trinajstić information content (AvgIpc) is 3.32. The number of nitrogens with zero attached hydrogens (tertiary/aromatic N) is 2. The molecule has 1 saturated carbocycles. The van der Waals surface area contributed by atoms with Crippen LogP contribution in [0.4, 0.5) is 15.8 Å². The molecule has 2 aromatic carbocycles. The predicted octanol–water partition coefficient (Wildman–Crippen LogP) is 5.13. The van der Waals surface area contributed by atoms with E-state index in [0.29, 0.717) is 27.9 Å². The van der Waals surface area contributed by atoms with Gasteiger partial charge in [-0.25, -0.2) is 4.39 Å². The molecule has 1 amide bonds. The van der Waals surface area contributed by atoms with Crippen molar-refractivity contribution in [1.29, 1.82) is 0 Å². The van der Waals surface area contributed by atoms with Crippen molar-refractivity contribution in [3.05, 3.63) is 45.1 Å². The predicted molar refractivity (Wildman–Crippen MR) is 105 cm³/mol. The molecule has 0 atom stereocenters. The van der Waals surface area contributed by atoms with Gasteiger partial charge in [-0.3, -0.25) is 4.79 Å². The summed E-state index contributed by atoms with van der Waals surface area (Å²) in [5, 5.41) is 10.0. The minimum atomic E-state index is -0.619. The molecule has 134 valence electrons. The first-order valence-corrected chi connectivity index (χ1v) is 9.92. The van der Waals surface area contributed by atoms with E-state index >= 15 is 4.39 Å². The molecule has 2 N–H and O–H groups in total. The zero-order chi connectivity index (χ0) is 18.3. The fourth-order valence-electron chi connectivity index (χ4n) is 2.57. The number of benzene rings is 2. The van der Waals surface area contributed by atoms with Gasteiger partial charge in [-0.15, -0.1) is 5.10 Å². The molecular formula is C17H13BrClFN4OS. The number of aromatic nitrogens is 2. The second-order valence-corrected chi connectivity index (χ2v) is 8.24. The summed E-state index contributed by atoms with van der Waals surface area (Å²) in [4.78, 5) is 12.7. The molecule has 1 aromatic heterocycles. The van der Waals surface area contributed by atoms with Crippen LogP contribution >= 0.6 is 39.1 Å². The van der Waals surface area contributed by atoms with Crippen molar-refractivity contribution in [1.82, 2.24) is 14.9 Å². The van der Waals surface area contributed by atoms with Crippen LogP contribution in [-0.2, 0) is 0 Å². The Morgan fingerprint density at radius 2 is 2.19 bits per heavy atom. The van der Waals surface area contributed by atoms with Crippen molar-refractivity contribution >= 4 is 66.6 Å². The molecule has 0 unspecified atom stereocenters. The van der Waals surface area contributed by atoms with Crippen molar-refractivity contribution in [2.75, 3.05) is 11.9 Å². The summed E-state index contributed by atoms with van der Waals surface area (Å²) in [6, 6.07) is 6.79. The SMILES string of the molecule is O=C(NCC1CC1)c1cc2snnc2c(F)c1Nc1ccc(Br)cc1Cl. The number of carbonyl (C=O) groups is 1. The Balaban J connectivity index is 1.75. The van der Waals surface area contributed by atoms with Gasteiger partial charge in [0, 0.05) is 11.0 Å². The number of hydrogen-bond donors (Lipinski definition) is 2. The number of rotatable bonds is 5. The third kappa shape index (κ3) is 3.54. The maximum absolute atomic E-state index is 15.0. The molecule has 1 aliphatic rings. The maximum atomic E-state index is 15.0. The highest BCUT2D eigenvalue weighted by Gasteiger charge is 2.25. The molecular weight excluding hydrogens is 443 g/mol. The van der Waals surface area contributed by atoms with E-state index in [0.717, 1.165) is 28.8 Å². The molecule has 0 bridgehead atoms. The number of carbonyl (C=O) groups excluding carboxylic acids is 1. The van der Waals surface area contributed by atoms with E-state index in [9.17, 15) is 4.79 Å². The van der Waals surface area contributed by atoms with Crippen LogP contribution in [-0.4, -0.2) is 22.0 Å². The summed E-state index contributed by atoms with van der Waals surface area (Å²) in [6.45, 7) is 0.595. The van der Waals surface area contributed by atoms with Crippen LogP contribution in [0, 0.1) is 11.7 Å². The molecule has 0 saturated heterocycles. The van der Waals surface area contributed by atoms with Gasteiger partial charge in [-0.1, -0.05) is 32.0 Å². The van der Waals surface area contributed by atoms with E-state index in [1.54, 1.807) is 24.3 Å². The lowest BCUT2D eigenvalue weighted by atomic mass is 10.1. The first-order valence-electron chi connectivity index (χ1n) is 7.98. The van der Waals surface area contributed by atoms with Crippen LogP contribution in [0.5, 0.6) is 0 Å². The van der Waals surface area contributed by atoms with Gasteiger partial charge in [-0.2, -0.15) is 0 Å². The highest BCUT2D eigenvalue weighted by molar-refractivity contribution is 9.10. The number of anilines is 2. The molecule has 0 aliphatic heterocycles. The van der Waals surface area contributed by atoms with Crippen LogP contribution in [0.25, 0.3) is 10.2 Å². The van der Waals surface area contributed by atoms with Gasteiger partial charge >= 0.3 is 0 Å². The standard InChI is InChI=1S/C17H13BrClFN4OS/c18-9-3-4-12(11(19)5-9)22-15-10(17(25)21-7-8-1-2-8)6-13-16(14(15)20)23-24-26-13/h3-6,8,22H,1-2,7H2,(H,21,25). The van der Waals surface area contributed by atoms with E-state index in [-0.39, 0.29) is 22.7 Å². The highest BCUT2D eigenvalue weighted by Crippen LogP contribution is 2.35. The minimum absolute atomic E-state index is 0.0442. The second-order valence-electron chi connectivity index (χ2n) is 6.14. The third-order valence-corrected chi connectivity index (χ3v) is 5.65. The minimum Gasteiger partial charge on any atom is -0.352 e. The maximum Gasteiger partial charge on any atom is 0.253 e. The molecule has 4 rings (SSSR count). The number of fused-ring (bicyclic) bond motifs is 1. The Hall–Kier alpha value is -1.77. The molecule has 26 heavy (non-hydrogen) atoms. The molecule has 1 aliphatic carbocycles. The quantitative estimate of drug-likeness (QED) is 0.560. The smallest absolute Gasteiger partial charge is 0.253 e. The number of nitrogens with one attached hydrogen (secondary N) is 2. The van der Waals surface area contributed by atoms with Gasteiger partial charge in [0.1, 0.15) is 5.52 Å². The van der Waals surface area contributed by atoms with E-state index < -0.39 is 5.82 Å². The molecule has 0 radical (unpaired) electrons. The Morgan fingerprint density at radius 3 is 2.92 bits per heavy atom. The fraction of sp³-hybridized carbons (Fsp3) is 0.235. The second kappa shape index (κ2) is 7.09. The van der Waals surface area contributed by atoms with Gasteiger partial charge in [0.05, 0.1) is 26.7 Å².